The zero-order chi connectivity index (χ0) is 24.3. The Balaban J connectivity index is 1.62. The molecule has 0 saturated heterocycles. The Kier molecular flexibility index (Phi) is 7.31. The molecule has 0 aliphatic heterocycles. The molecular weight excluding hydrogens is 446 g/mol. The van der Waals surface area contributed by atoms with E-state index in [1.807, 2.05) is 24.3 Å². The number of aliphatic imine (C=N–C) groups is 1. The van der Waals surface area contributed by atoms with E-state index in [-0.39, 0.29) is 11.3 Å². The first kappa shape index (κ1) is 24.3. The standard InChI is InChI=1S/C27H35N3O3S/c1-6-30(7-2)23-13-11-20(33-23)17-29-26-24(25(31)28-16-19-9-8-14-32-19)21-12-10-18(27(3,4)5)15-22(21)34-26/h8-9,11,13-14,17-18H,6-7,10,12,15-16H2,1-5H3,(H,28,31)/t18-/m0/s1. The van der Waals surface area contributed by atoms with Gasteiger partial charge in [-0.3, -0.25) is 4.79 Å². The van der Waals surface area contributed by atoms with Crippen LogP contribution in [-0.2, 0) is 19.4 Å². The van der Waals surface area contributed by atoms with Crippen LogP contribution in [0.25, 0.3) is 0 Å². The minimum atomic E-state index is -0.0986. The van der Waals surface area contributed by atoms with Crippen LogP contribution in [0.15, 0.2) is 44.4 Å². The highest BCUT2D eigenvalue weighted by Crippen LogP contribution is 2.45. The number of carbonyl (C=O) groups excluding carboxylic acids is 1. The van der Waals surface area contributed by atoms with Gasteiger partial charge in [-0.05, 0) is 68.2 Å². The Morgan fingerprint density at radius 2 is 2.06 bits per heavy atom. The first-order chi connectivity index (χ1) is 16.3. The van der Waals surface area contributed by atoms with Crippen molar-refractivity contribution in [1.29, 1.82) is 0 Å². The molecule has 1 amide bonds. The first-order valence-corrected chi connectivity index (χ1v) is 13.0. The maximum absolute atomic E-state index is 13.3. The minimum Gasteiger partial charge on any atom is -0.467 e. The molecule has 0 fully saturated rings. The highest BCUT2D eigenvalue weighted by atomic mass is 32.1. The lowest BCUT2D eigenvalue weighted by Crippen LogP contribution is -2.28. The summed E-state index contributed by atoms with van der Waals surface area (Å²) in [6.07, 6.45) is 6.32. The quantitative estimate of drug-likeness (QED) is 0.367. The molecule has 6 nitrogen and oxygen atoms in total. The molecule has 0 aromatic carbocycles. The van der Waals surface area contributed by atoms with Gasteiger partial charge in [0.05, 0.1) is 24.6 Å². The van der Waals surface area contributed by atoms with Gasteiger partial charge in [-0.2, -0.15) is 0 Å². The fourth-order valence-electron chi connectivity index (χ4n) is 4.54. The van der Waals surface area contributed by atoms with Crippen LogP contribution in [0.5, 0.6) is 0 Å². The van der Waals surface area contributed by atoms with E-state index < -0.39 is 0 Å². The first-order valence-electron chi connectivity index (χ1n) is 12.1. The lowest BCUT2D eigenvalue weighted by Gasteiger charge is -2.33. The van der Waals surface area contributed by atoms with E-state index in [1.54, 1.807) is 23.8 Å². The third-order valence-electron chi connectivity index (χ3n) is 6.70. The van der Waals surface area contributed by atoms with E-state index in [1.165, 1.54) is 4.88 Å². The summed E-state index contributed by atoms with van der Waals surface area (Å²) in [6, 6.07) is 7.59. The molecule has 0 spiro atoms. The Bertz CT molecular complexity index is 1130. The number of fused-ring (bicyclic) bond motifs is 1. The van der Waals surface area contributed by atoms with Crippen LogP contribution in [0.4, 0.5) is 10.9 Å². The average Bonchev–Trinajstić information content (AvgIpc) is 3.55. The van der Waals surface area contributed by atoms with Gasteiger partial charge in [-0.1, -0.05) is 20.8 Å². The van der Waals surface area contributed by atoms with Gasteiger partial charge >= 0.3 is 0 Å². The summed E-state index contributed by atoms with van der Waals surface area (Å²) < 4.78 is 11.4. The molecule has 3 heterocycles. The van der Waals surface area contributed by atoms with E-state index in [9.17, 15) is 4.79 Å². The summed E-state index contributed by atoms with van der Waals surface area (Å²) in [5.74, 6) is 2.74. The highest BCUT2D eigenvalue weighted by Gasteiger charge is 2.33. The zero-order valence-corrected chi connectivity index (χ0v) is 21.6. The third kappa shape index (κ3) is 5.30. The molecule has 3 aromatic rings. The lowest BCUT2D eigenvalue weighted by molar-refractivity contribution is 0.0947. The second-order valence-electron chi connectivity index (χ2n) is 9.86. The van der Waals surface area contributed by atoms with Crippen molar-refractivity contribution in [1.82, 2.24) is 5.32 Å². The number of furan rings is 2. The molecular formula is C27H35N3O3S. The summed E-state index contributed by atoms with van der Waals surface area (Å²) in [6.45, 7) is 13.2. The molecule has 1 aliphatic rings. The van der Waals surface area contributed by atoms with Crippen molar-refractivity contribution in [2.75, 3.05) is 18.0 Å². The maximum atomic E-state index is 13.3. The minimum absolute atomic E-state index is 0.0986. The van der Waals surface area contributed by atoms with Gasteiger partial charge in [0.1, 0.15) is 16.5 Å². The monoisotopic (exact) mass is 481 g/mol. The predicted octanol–water partition coefficient (Wildman–Crippen LogP) is 6.61. The Hall–Kier alpha value is -2.80. The second kappa shape index (κ2) is 10.2. The number of rotatable bonds is 8. The molecule has 0 radical (unpaired) electrons. The maximum Gasteiger partial charge on any atom is 0.255 e. The van der Waals surface area contributed by atoms with Crippen molar-refractivity contribution in [3.63, 3.8) is 0 Å². The van der Waals surface area contributed by atoms with Gasteiger partial charge < -0.3 is 19.1 Å². The van der Waals surface area contributed by atoms with Crippen molar-refractivity contribution < 1.29 is 13.6 Å². The van der Waals surface area contributed by atoms with Crippen LogP contribution in [0.1, 0.15) is 73.4 Å². The smallest absolute Gasteiger partial charge is 0.255 e. The van der Waals surface area contributed by atoms with Gasteiger partial charge in [-0.25, -0.2) is 4.99 Å². The number of hydrogen-bond acceptors (Lipinski definition) is 6. The van der Waals surface area contributed by atoms with Gasteiger partial charge in [0.15, 0.2) is 5.88 Å². The normalized spacial score (nSPS) is 16.1. The fraction of sp³-hybridized carbons (Fsp3) is 0.481. The number of thiophene rings is 1. The van der Waals surface area contributed by atoms with Gasteiger partial charge in [0, 0.05) is 24.0 Å². The summed E-state index contributed by atoms with van der Waals surface area (Å²) in [7, 11) is 0. The molecule has 7 heteroatoms. The van der Waals surface area contributed by atoms with Crippen LogP contribution < -0.4 is 10.2 Å². The number of anilines is 1. The van der Waals surface area contributed by atoms with Crippen molar-refractivity contribution >= 4 is 34.3 Å². The van der Waals surface area contributed by atoms with Crippen LogP contribution >= 0.6 is 11.3 Å². The molecule has 0 unspecified atom stereocenters. The zero-order valence-electron chi connectivity index (χ0n) is 20.8. The summed E-state index contributed by atoms with van der Waals surface area (Å²) in [5.41, 5.74) is 2.09. The predicted molar refractivity (Wildman–Crippen MR) is 139 cm³/mol. The second-order valence-corrected chi connectivity index (χ2v) is 10.9. The topological polar surface area (TPSA) is 71.0 Å². The summed E-state index contributed by atoms with van der Waals surface area (Å²) in [4.78, 5) is 21.5. The summed E-state index contributed by atoms with van der Waals surface area (Å²) in [5, 5.41) is 3.77. The Morgan fingerprint density at radius 1 is 1.26 bits per heavy atom. The molecule has 182 valence electrons. The number of nitrogens with one attached hydrogen (secondary N) is 1. The van der Waals surface area contributed by atoms with Crippen molar-refractivity contribution in [3.05, 3.63) is 58.1 Å². The van der Waals surface area contributed by atoms with Crippen molar-refractivity contribution in [2.24, 2.45) is 16.3 Å². The average molecular weight is 482 g/mol. The molecule has 34 heavy (non-hydrogen) atoms. The van der Waals surface area contributed by atoms with E-state index in [0.29, 0.717) is 23.8 Å². The van der Waals surface area contributed by atoms with Crippen LogP contribution in [0, 0.1) is 11.3 Å². The number of carbonyl (C=O) groups is 1. The van der Waals surface area contributed by atoms with Crippen LogP contribution in [-0.4, -0.2) is 25.2 Å². The summed E-state index contributed by atoms with van der Waals surface area (Å²) >= 11 is 1.64. The molecule has 1 aliphatic carbocycles. The van der Waals surface area contributed by atoms with Crippen LogP contribution in [0.2, 0.25) is 0 Å². The van der Waals surface area contributed by atoms with Crippen molar-refractivity contribution in [3.8, 4) is 0 Å². The number of amides is 1. The van der Waals surface area contributed by atoms with E-state index in [4.69, 9.17) is 13.8 Å². The number of nitrogens with zero attached hydrogens (tertiary/aromatic N) is 2. The SMILES string of the molecule is CCN(CC)c1ccc(C=Nc2sc3c(c2C(=O)NCc2ccco2)CC[C@H](C(C)(C)C)C3)o1. The fourth-order valence-corrected chi connectivity index (χ4v) is 5.81. The molecule has 4 rings (SSSR count). The highest BCUT2D eigenvalue weighted by molar-refractivity contribution is 7.16. The van der Waals surface area contributed by atoms with E-state index in [0.717, 1.165) is 54.6 Å². The Labute approximate surface area is 206 Å². The molecule has 1 atom stereocenters. The van der Waals surface area contributed by atoms with Crippen LogP contribution in [0.3, 0.4) is 0 Å². The van der Waals surface area contributed by atoms with Crippen molar-refractivity contribution in [2.45, 2.75) is 60.4 Å². The molecule has 0 saturated carbocycles. The lowest BCUT2D eigenvalue weighted by atomic mass is 9.72. The third-order valence-corrected chi connectivity index (χ3v) is 7.86. The molecule has 1 N–H and O–H groups in total. The van der Waals surface area contributed by atoms with Gasteiger partial charge in [0.25, 0.3) is 5.91 Å². The largest absolute Gasteiger partial charge is 0.467 e. The molecule has 0 bridgehead atoms. The van der Waals surface area contributed by atoms with Gasteiger partial charge in [0.2, 0.25) is 0 Å². The van der Waals surface area contributed by atoms with E-state index in [2.05, 4.69) is 44.8 Å². The van der Waals surface area contributed by atoms with E-state index >= 15 is 0 Å². The molecule has 3 aromatic heterocycles. The van der Waals surface area contributed by atoms with Gasteiger partial charge in [-0.15, -0.1) is 11.3 Å². The Morgan fingerprint density at radius 3 is 2.74 bits per heavy atom. The number of hydrogen-bond donors (Lipinski definition) is 1.